The second kappa shape index (κ2) is 9.88. The number of pyridine rings is 1. The third kappa shape index (κ3) is 5.75. The van der Waals surface area contributed by atoms with Gasteiger partial charge in [-0.05, 0) is 108 Å². The number of H-pyrrole nitrogens is 1. The van der Waals surface area contributed by atoms with E-state index in [-0.39, 0.29) is 23.7 Å². The fourth-order valence-electron chi connectivity index (χ4n) is 5.66. The van der Waals surface area contributed by atoms with Crippen molar-refractivity contribution < 1.29 is 14.3 Å². The Morgan fingerprint density at radius 1 is 1.08 bits per heavy atom. The summed E-state index contributed by atoms with van der Waals surface area (Å²) in [6.45, 7) is 15.6. The Morgan fingerprint density at radius 3 is 2.56 bits per heavy atom. The van der Waals surface area contributed by atoms with E-state index in [9.17, 15) is 9.59 Å². The van der Waals surface area contributed by atoms with Gasteiger partial charge in [0.2, 0.25) is 0 Å². The quantitative estimate of drug-likeness (QED) is 0.396. The lowest BCUT2D eigenvalue weighted by atomic mass is 9.87. The molecular formula is C31H41N5O3. The number of rotatable bonds is 2. The lowest BCUT2D eigenvalue weighted by molar-refractivity contribution is 0.0223. The maximum Gasteiger partial charge on any atom is 0.410 e. The summed E-state index contributed by atoms with van der Waals surface area (Å²) in [7, 11) is 0. The first-order valence-electron chi connectivity index (χ1n) is 14.0. The molecule has 0 saturated carbocycles. The van der Waals surface area contributed by atoms with Crippen LogP contribution >= 0.6 is 0 Å². The lowest BCUT2D eigenvalue weighted by Crippen LogP contribution is -2.50. The normalized spacial score (nSPS) is 17.9. The highest BCUT2D eigenvalue weighted by atomic mass is 16.6. The molecule has 0 bridgehead atoms. The molecule has 2 N–H and O–H groups in total. The molecule has 0 unspecified atom stereocenters. The zero-order valence-corrected chi connectivity index (χ0v) is 24.3. The summed E-state index contributed by atoms with van der Waals surface area (Å²) in [5, 5.41) is 4.21. The minimum Gasteiger partial charge on any atom is -0.444 e. The van der Waals surface area contributed by atoms with Gasteiger partial charge in [0, 0.05) is 48.5 Å². The third-order valence-corrected chi connectivity index (χ3v) is 7.46. The van der Waals surface area contributed by atoms with Crippen molar-refractivity contribution >= 4 is 23.2 Å². The van der Waals surface area contributed by atoms with Crippen molar-refractivity contribution in [2.24, 2.45) is 0 Å². The monoisotopic (exact) mass is 531 g/mol. The van der Waals surface area contributed by atoms with E-state index >= 15 is 0 Å². The first kappa shape index (κ1) is 27.0. The van der Waals surface area contributed by atoms with Gasteiger partial charge in [0.05, 0.1) is 6.04 Å². The zero-order chi connectivity index (χ0) is 28.1. The number of ether oxygens (including phenoxy) is 1. The van der Waals surface area contributed by atoms with E-state index in [1.165, 1.54) is 5.56 Å². The van der Waals surface area contributed by atoms with Gasteiger partial charge < -0.3 is 24.8 Å². The minimum absolute atomic E-state index is 0.0591. The molecule has 0 aliphatic carbocycles. The Labute approximate surface area is 231 Å². The largest absolute Gasteiger partial charge is 0.444 e. The number of aryl methyl sites for hydroxylation is 1. The maximum absolute atomic E-state index is 13.3. The number of amides is 3. The van der Waals surface area contributed by atoms with Crippen molar-refractivity contribution in [2.45, 2.75) is 91.5 Å². The summed E-state index contributed by atoms with van der Waals surface area (Å²) >= 11 is 0. The average Bonchev–Trinajstić information content (AvgIpc) is 3.48. The second-order valence-corrected chi connectivity index (χ2v) is 13.0. The number of carbonyl (C=O) groups is 2. The van der Waals surface area contributed by atoms with Crippen molar-refractivity contribution in [3.8, 4) is 11.1 Å². The van der Waals surface area contributed by atoms with E-state index in [1.54, 1.807) is 0 Å². The Kier molecular flexibility index (Phi) is 6.85. The highest BCUT2D eigenvalue weighted by Crippen LogP contribution is 2.40. The molecule has 39 heavy (non-hydrogen) atoms. The van der Waals surface area contributed by atoms with Gasteiger partial charge in [-0.3, -0.25) is 0 Å². The van der Waals surface area contributed by atoms with Crippen LogP contribution in [0.5, 0.6) is 0 Å². The van der Waals surface area contributed by atoms with Crippen molar-refractivity contribution in [2.75, 3.05) is 13.1 Å². The molecule has 0 spiro atoms. The molecule has 0 radical (unpaired) electrons. The molecule has 8 nitrogen and oxygen atoms in total. The van der Waals surface area contributed by atoms with E-state index in [4.69, 9.17) is 4.74 Å². The first-order valence-corrected chi connectivity index (χ1v) is 14.0. The van der Waals surface area contributed by atoms with E-state index < -0.39 is 5.60 Å². The molecule has 2 aromatic heterocycles. The van der Waals surface area contributed by atoms with E-state index in [0.29, 0.717) is 19.6 Å². The van der Waals surface area contributed by atoms with Crippen molar-refractivity contribution in [3.05, 3.63) is 52.8 Å². The molecule has 4 heterocycles. The van der Waals surface area contributed by atoms with Crippen LogP contribution in [0.3, 0.4) is 0 Å². The predicted molar refractivity (Wildman–Crippen MR) is 154 cm³/mol. The molecule has 2 aliphatic rings. The topological polar surface area (TPSA) is 90.6 Å². The van der Waals surface area contributed by atoms with Gasteiger partial charge in [0.25, 0.3) is 0 Å². The van der Waals surface area contributed by atoms with Crippen LogP contribution in [0.2, 0.25) is 0 Å². The van der Waals surface area contributed by atoms with Gasteiger partial charge in [0.1, 0.15) is 11.2 Å². The van der Waals surface area contributed by atoms with Crippen molar-refractivity contribution in [1.82, 2.24) is 25.1 Å². The number of benzene rings is 1. The maximum atomic E-state index is 13.3. The first-order chi connectivity index (χ1) is 18.3. The summed E-state index contributed by atoms with van der Waals surface area (Å²) in [5.74, 6) is 0. The molecule has 1 atom stereocenters. The molecule has 3 amide bonds. The SMILES string of the molecule is Cc1c[nH]c2ncc(-c3cc4c(c([C@@H]5CCCN5C(=O)OC(C)(C)C)c3)CN(C(=O)NC(C)(C)C)CC4)cc12. The van der Waals surface area contributed by atoms with Crippen LogP contribution < -0.4 is 5.32 Å². The minimum atomic E-state index is -0.567. The van der Waals surface area contributed by atoms with E-state index in [1.807, 2.05) is 63.7 Å². The molecule has 1 saturated heterocycles. The van der Waals surface area contributed by atoms with Gasteiger partial charge >= 0.3 is 12.1 Å². The summed E-state index contributed by atoms with van der Waals surface area (Å²) in [5.41, 5.74) is 6.75. The number of nitrogens with zero attached hydrogens (tertiary/aromatic N) is 3. The second-order valence-electron chi connectivity index (χ2n) is 13.0. The predicted octanol–water partition coefficient (Wildman–Crippen LogP) is 6.48. The lowest BCUT2D eigenvalue weighted by Gasteiger charge is -2.36. The van der Waals surface area contributed by atoms with Crippen molar-refractivity contribution in [3.63, 3.8) is 0 Å². The number of nitrogens with one attached hydrogen (secondary N) is 2. The smallest absolute Gasteiger partial charge is 0.410 e. The molecule has 3 aromatic rings. The number of carbonyl (C=O) groups excluding carboxylic acids is 2. The van der Waals surface area contributed by atoms with Crippen LogP contribution in [-0.2, 0) is 17.7 Å². The van der Waals surface area contributed by atoms with Gasteiger partial charge in [-0.25, -0.2) is 14.6 Å². The summed E-state index contributed by atoms with van der Waals surface area (Å²) in [6.07, 6.45) is 6.13. The summed E-state index contributed by atoms with van der Waals surface area (Å²) in [4.78, 5) is 38.0. The van der Waals surface area contributed by atoms with E-state index in [0.717, 1.165) is 58.1 Å². The van der Waals surface area contributed by atoms with Crippen LogP contribution in [0.1, 0.15) is 82.7 Å². The molecule has 5 rings (SSSR count). The molecule has 2 aliphatic heterocycles. The summed E-state index contributed by atoms with van der Waals surface area (Å²) in [6, 6.07) is 6.48. The van der Waals surface area contributed by atoms with Gasteiger partial charge in [-0.1, -0.05) is 6.07 Å². The van der Waals surface area contributed by atoms with Gasteiger partial charge in [-0.15, -0.1) is 0 Å². The van der Waals surface area contributed by atoms with Crippen molar-refractivity contribution in [1.29, 1.82) is 0 Å². The Bertz CT molecular complexity index is 1410. The highest BCUT2D eigenvalue weighted by Gasteiger charge is 2.36. The Balaban J connectivity index is 1.57. The van der Waals surface area contributed by atoms with Crippen LogP contribution in [-0.4, -0.2) is 56.1 Å². The molecule has 1 fully saturated rings. The van der Waals surface area contributed by atoms with Crippen LogP contribution in [0.15, 0.2) is 30.6 Å². The third-order valence-electron chi connectivity index (χ3n) is 7.46. The molecule has 1 aromatic carbocycles. The summed E-state index contributed by atoms with van der Waals surface area (Å²) < 4.78 is 5.80. The number of fused-ring (bicyclic) bond motifs is 2. The fraction of sp³-hybridized carbons (Fsp3) is 0.516. The number of urea groups is 1. The molecular weight excluding hydrogens is 490 g/mol. The highest BCUT2D eigenvalue weighted by molar-refractivity contribution is 5.85. The Morgan fingerprint density at radius 2 is 1.85 bits per heavy atom. The average molecular weight is 532 g/mol. The van der Waals surface area contributed by atoms with Crippen LogP contribution in [0.25, 0.3) is 22.2 Å². The van der Waals surface area contributed by atoms with Crippen LogP contribution in [0.4, 0.5) is 9.59 Å². The molecule has 8 heteroatoms. The number of aromatic nitrogens is 2. The van der Waals surface area contributed by atoms with Gasteiger partial charge in [0.15, 0.2) is 0 Å². The molecule has 208 valence electrons. The van der Waals surface area contributed by atoms with Gasteiger partial charge in [-0.2, -0.15) is 0 Å². The number of hydrogen-bond donors (Lipinski definition) is 2. The van der Waals surface area contributed by atoms with Crippen LogP contribution in [0, 0.1) is 6.92 Å². The standard InChI is InChI=1S/C31H41N5O3/c1-19-16-32-27-23(19)15-22(17-33-27)21-13-20-10-12-35(28(37)34-30(2,3)4)18-25(20)24(14-21)26-9-8-11-36(26)29(38)39-31(5,6)7/h13-17,26H,8-12,18H2,1-7H3,(H,32,33)(H,34,37)/t26-/m0/s1. The number of hydrogen-bond acceptors (Lipinski definition) is 4. The number of likely N-dealkylation sites (tertiary alicyclic amines) is 1. The Hall–Kier alpha value is -3.55. The number of aromatic amines is 1. The van der Waals surface area contributed by atoms with E-state index in [2.05, 4.69) is 40.4 Å². The zero-order valence-electron chi connectivity index (χ0n) is 24.3. The fourth-order valence-corrected chi connectivity index (χ4v) is 5.66.